The Morgan fingerprint density at radius 3 is 1.10 bits per heavy atom. The molecule has 0 heterocycles. The Morgan fingerprint density at radius 2 is 0.793 bits per heavy atom. The van der Waals surface area contributed by atoms with Crippen LogP contribution in [0.1, 0.15) is 0 Å². The van der Waals surface area contributed by atoms with Crippen LogP contribution < -0.4 is 21.9 Å². The molecule has 4 aromatic carbocycles. The van der Waals surface area contributed by atoms with E-state index in [-0.39, 0.29) is 0 Å². The lowest BCUT2D eigenvalue weighted by atomic mass is 9.13. The Kier molecular flexibility index (Phi) is 5.12. The summed E-state index contributed by atoms with van der Waals surface area (Å²) in [5.74, 6) is 0. The minimum Gasteiger partial charge on any atom is -0.224 e. The predicted molar refractivity (Wildman–Crippen MR) is 123 cm³/mol. The first-order chi connectivity index (χ1) is 14.0. The zero-order valence-corrected chi connectivity index (χ0v) is 17.1. The summed E-state index contributed by atoms with van der Waals surface area (Å²) in [7, 11) is -3.25. The minimum absolute atomic E-state index is 0.333. The third kappa shape index (κ3) is 3.52. The van der Waals surface area contributed by atoms with Gasteiger partial charge in [0.2, 0.25) is 0 Å². The van der Waals surface area contributed by atoms with Crippen LogP contribution >= 0.6 is 0 Å². The van der Waals surface area contributed by atoms with Crippen molar-refractivity contribution in [3.8, 4) is 0 Å². The van der Waals surface area contributed by atoms with E-state index in [1.165, 1.54) is 22.6 Å². The second-order valence-corrected chi connectivity index (χ2v) is 9.46. The smallest absolute Gasteiger partial charge is 0.175 e. The van der Waals surface area contributed by atoms with E-state index in [4.69, 9.17) is 0 Å². The maximum atomic E-state index is 12.0. The van der Waals surface area contributed by atoms with Crippen LogP contribution in [0.15, 0.2) is 120 Å². The zero-order valence-electron chi connectivity index (χ0n) is 16.3. The van der Waals surface area contributed by atoms with Gasteiger partial charge >= 0.3 is 0 Å². The molecule has 0 aromatic heterocycles. The van der Waals surface area contributed by atoms with E-state index in [0.717, 1.165) is 5.46 Å². The van der Waals surface area contributed by atoms with Gasteiger partial charge in [-0.2, -0.15) is 21.9 Å². The molecule has 0 spiro atoms. The largest absolute Gasteiger partial charge is 0.224 e. The molecule has 0 saturated heterocycles. The van der Waals surface area contributed by atoms with Gasteiger partial charge in [-0.05, 0) is 12.1 Å². The van der Waals surface area contributed by atoms with Gasteiger partial charge in [0.1, 0.15) is 6.15 Å². The van der Waals surface area contributed by atoms with Gasteiger partial charge in [0.05, 0.1) is 4.90 Å². The SMILES string of the molecule is CS(=O)(=O)c1ccc([B-](c2ccccc2)(c2ccccc2)c2ccccc2)cc1. The van der Waals surface area contributed by atoms with Crippen LogP contribution in [0, 0.1) is 0 Å². The van der Waals surface area contributed by atoms with Crippen molar-refractivity contribution < 1.29 is 8.42 Å². The Balaban J connectivity index is 2.08. The lowest BCUT2D eigenvalue weighted by Gasteiger charge is -2.44. The highest BCUT2D eigenvalue weighted by Gasteiger charge is 2.31. The van der Waals surface area contributed by atoms with E-state index in [1.54, 1.807) is 12.1 Å². The number of hydrogen-bond donors (Lipinski definition) is 0. The number of rotatable bonds is 5. The average molecular weight is 397 g/mol. The first kappa shape index (κ1) is 19.2. The van der Waals surface area contributed by atoms with Crippen LogP contribution in [0.5, 0.6) is 0 Å². The third-order valence-electron chi connectivity index (χ3n) is 5.71. The highest BCUT2D eigenvalue weighted by molar-refractivity contribution is 7.90. The van der Waals surface area contributed by atoms with E-state index in [9.17, 15) is 8.42 Å². The van der Waals surface area contributed by atoms with Crippen LogP contribution in [-0.4, -0.2) is 20.8 Å². The summed E-state index contributed by atoms with van der Waals surface area (Å²) in [5, 5.41) is 0. The summed E-state index contributed by atoms with van der Waals surface area (Å²) in [4.78, 5) is 0.333. The molecule has 29 heavy (non-hydrogen) atoms. The van der Waals surface area contributed by atoms with E-state index in [0.29, 0.717) is 4.90 Å². The van der Waals surface area contributed by atoms with Gasteiger partial charge in [0, 0.05) is 6.26 Å². The molecule has 144 valence electrons. The molecule has 2 nitrogen and oxygen atoms in total. The molecular formula is C25H22BO2S-. The standard InChI is InChI=1S/C25H22BO2S/c1-29(27,28)25-19-17-24(18-20-25)26(21-11-5-2-6-12-21,22-13-7-3-8-14-22)23-15-9-4-10-16-23/h2-20H,1H3/q-1. The molecule has 0 fully saturated rings. The van der Waals surface area contributed by atoms with Crippen LogP contribution in [0.2, 0.25) is 0 Å². The minimum atomic E-state index is -3.25. The van der Waals surface area contributed by atoms with E-state index in [1.807, 2.05) is 30.3 Å². The molecular weight excluding hydrogens is 375 g/mol. The van der Waals surface area contributed by atoms with Crippen molar-refractivity contribution in [2.24, 2.45) is 0 Å². The third-order valence-corrected chi connectivity index (χ3v) is 6.84. The van der Waals surface area contributed by atoms with Crippen molar-refractivity contribution >= 4 is 37.8 Å². The van der Waals surface area contributed by atoms with Gasteiger partial charge < -0.3 is 0 Å². The highest BCUT2D eigenvalue weighted by atomic mass is 32.2. The molecule has 0 saturated carbocycles. The molecule has 4 heteroatoms. The Morgan fingerprint density at radius 1 is 0.483 bits per heavy atom. The molecule has 0 unspecified atom stereocenters. The molecule has 0 N–H and O–H groups in total. The summed E-state index contributed by atoms with van der Waals surface area (Å²) >= 11 is 0. The van der Waals surface area contributed by atoms with Crippen molar-refractivity contribution in [1.29, 1.82) is 0 Å². The van der Waals surface area contributed by atoms with Gasteiger partial charge in [-0.1, -0.05) is 103 Å². The predicted octanol–water partition coefficient (Wildman–Crippen LogP) is 2.47. The molecule has 0 aliphatic heterocycles. The van der Waals surface area contributed by atoms with Crippen LogP contribution in [-0.2, 0) is 9.84 Å². The van der Waals surface area contributed by atoms with Crippen molar-refractivity contribution in [2.45, 2.75) is 4.90 Å². The van der Waals surface area contributed by atoms with Gasteiger partial charge in [0.25, 0.3) is 0 Å². The number of sulfone groups is 1. The lowest BCUT2D eigenvalue weighted by Crippen LogP contribution is -2.74. The lowest BCUT2D eigenvalue weighted by molar-refractivity contribution is 0.602. The molecule has 0 amide bonds. The first-order valence-electron chi connectivity index (χ1n) is 9.65. The van der Waals surface area contributed by atoms with Gasteiger partial charge in [0.15, 0.2) is 9.84 Å². The summed E-state index contributed by atoms with van der Waals surface area (Å²) in [6, 6.07) is 38.7. The molecule has 4 aromatic rings. The van der Waals surface area contributed by atoms with E-state index < -0.39 is 16.0 Å². The topological polar surface area (TPSA) is 34.1 Å². The maximum absolute atomic E-state index is 12.0. The summed E-state index contributed by atoms with van der Waals surface area (Å²) in [6.45, 7) is 0. The molecule has 4 rings (SSSR count). The highest BCUT2D eigenvalue weighted by Crippen LogP contribution is 2.12. The Bertz CT molecular complexity index is 1090. The van der Waals surface area contributed by atoms with Gasteiger partial charge in [-0.3, -0.25) is 0 Å². The molecule has 0 aliphatic rings. The summed E-state index contributed by atoms with van der Waals surface area (Å²) in [6.07, 6.45) is -0.223. The molecule has 0 aliphatic carbocycles. The fraction of sp³-hybridized carbons (Fsp3) is 0.0400. The van der Waals surface area contributed by atoms with Crippen LogP contribution in [0.4, 0.5) is 0 Å². The van der Waals surface area contributed by atoms with Crippen LogP contribution in [0.3, 0.4) is 0 Å². The zero-order chi connectivity index (χ0) is 20.3. The maximum Gasteiger partial charge on any atom is 0.175 e. The normalized spacial score (nSPS) is 11.9. The van der Waals surface area contributed by atoms with Crippen molar-refractivity contribution in [2.75, 3.05) is 6.26 Å². The Hall–Kier alpha value is -3.11. The van der Waals surface area contributed by atoms with Gasteiger partial charge in [-0.25, -0.2) is 8.42 Å². The fourth-order valence-corrected chi connectivity index (χ4v) is 5.01. The van der Waals surface area contributed by atoms with E-state index in [2.05, 4.69) is 72.8 Å². The molecule has 0 bridgehead atoms. The Labute approximate surface area is 172 Å². The number of hydrogen-bond acceptors (Lipinski definition) is 2. The van der Waals surface area contributed by atoms with Crippen LogP contribution in [0.25, 0.3) is 0 Å². The first-order valence-corrected chi connectivity index (χ1v) is 11.5. The van der Waals surface area contributed by atoms with E-state index >= 15 is 0 Å². The average Bonchev–Trinajstić information content (AvgIpc) is 2.76. The summed E-state index contributed by atoms with van der Waals surface area (Å²) in [5.41, 5.74) is 4.66. The quantitative estimate of drug-likeness (QED) is 0.485. The fourth-order valence-electron chi connectivity index (χ4n) is 4.38. The van der Waals surface area contributed by atoms with Crippen molar-refractivity contribution in [3.63, 3.8) is 0 Å². The number of benzene rings is 4. The second-order valence-electron chi connectivity index (χ2n) is 7.44. The van der Waals surface area contributed by atoms with Crippen molar-refractivity contribution in [1.82, 2.24) is 0 Å². The summed E-state index contributed by atoms with van der Waals surface area (Å²) < 4.78 is 24.0. The monoisotopic (exact) mass is 397 g/mol. The second kappa shape index (κ2) is 7.73. The molecule has 0 atom stereocenters. The van der Waals surface area contributed by atoms with Gasteiger partial charge in [-0.15, -0.1) is 0 Å². The van der Waals surface area contributed by atoms with Crippen molar-refractivity contribution in [3.05, 3.63) is 115 Å². The molecule has 0 radical (unpaired) electrons.